The SMILES string of the molecule is Cc1cc(C)c2c(n1)sc1c(=O)n(CC(=O)NC3CCc4ccccc43)c(C)nc12. The van der Waals surface area contributed by atoms with Gasteiger partial charge in [-0.25, -0.2) is 9.97 Å². The normalized spacial score (nSPS) is 15.6. The van der Waals surface area contributed by atoms with E-state index in [0.29, 0.717) is 16.0 Å². The number of nitrogens with one attached hydrogen (secondary N) is 1. The van der Waals surface area contributed by atoms with Crippen LogP contribution in [0.4, 0.5) is 0 Å². The zero-order valence-electron chi connectivity index (χ0n) is 17.2. The third-order valence-electron chi connectivity index (χ3n) is 5.84. The van der Waals surface area contributed by atoms with Crippen LogP contribution in [0.15, 0.2) is 35.1 Å². The summed E-state index contributed by atoms with van der Waals surface area (Å²) in [5.41, 5.74) is 4.93. The van der Waals surface area contributed by atoms with Crippen molar-refractivity contribution in [3.63, 3.8) is 0 Å². The highest BCUT2D eigenvalue weighted by Gasteiger charge is 2.24. The Morgan fingerprint density at radius 3 is 2.87 bits per heavy atom. The maximum Gasteiger partial charge on any atom is 0.272 e. The van der Waals surface area contributed by atoms with Gasteiger partial charge in [0.2, 0.25) is 5.91 Å². The summed E-state index contributed by atoms with van der Waals surface area (Å²) in [4.78, 5) is 36.1. The number of carbonyl (C=O) groups is 1. The maximum absolute atomic E-state index is 13.2. The highest BCUT2D eigenvalue weighted by atomic mass is 32.1. The Bertz CT molecular complexity index is 1390. The van der Waals surface area contributed by atoms with Gasteiger partial charge < -0.3 is 5.32 Å². The number of benzene rings is 1. The van der Waals surface area contributed by atoms with Crippen LogP contribution in [0.3, 0.4) is 0 Å². The van der Waals surface area contributed by atoms with Gasteiger partial charge >= 0.3 is 0 Å². The lowest BCUT2D eigenvalue weighted by atomic mass is 10.1. The Morgan fingerprint density at radius 2 is 2.03 bits per heavy atom. The molecule has 0 saturated carbocycles. The fourth-order valence-electron chi connectivity index (χ4n) is 4.44. The molecule has 1 N–H and O–H groups in total. The molecule has 0 fully saturated rings. The van der Waals surface area contributed by atoms with Gasteiger partial charge in [0, 0.05) is 11.1 Å². The smallest absolute Gasteiger partial charge is 0.272 e. The first-order chi connectivity index (χ1) is 14.4. The molecule has 0 aliphatic heterocycles. The minimum atomic E-state index is -0.181. The van der Waals surface area contributed by atoms with Crippen LogP contribution in [-0.2, 0) is 17.8 Å². The molecule has 30 heavy (non-hydrogen) atoms. The summed E-state index contributed by atoms with van der Waals surface area (Å²) in [6.45, 7) is 5.70. The van der Waals surface area contributed by atoms with Gasteiger partial charge in [-0.2, -0.15) is 0 Å². The summed E-state index contributed by atoms with van der Waals surface area (Å²) in [5.74, 6) is 0.364. The third kappa shape index (κ3) is 3.01. The lowest BCUT2D eigenvalue weighted by Crippen LogP contribution is -2.35. The van der Waals surface area contributed by atoms with Gasteiger partial charge in [0.1, 0.15) is 21.9 Å². The fraction of sp³-hybridized carbons (Fsp3) is 0.304. The summed E-state index contributed by atoms with van der Waals surface area (Å²) in [5, 5.41) is 4.02. The molecule has 1 amide bonds. The molecule has 0 radical (unpaired) electrons. The summed E-state index contributed by atoms with van der Waals surface area (Å²) < 4.78 is 2.02. The number of hydrogen-bond acceptors (Lipinski definition) is 5. The van der Waals surface area contributed by atoms with E-state index >= 15 is 0 Å². The van der Waals surface area contributed by atoms with E-state index in [1.807, 2.05) is 32.0 Å². The zero-order chi connectivity index (χ0) is 21.0. The van der Waals surface area contributed by atoms with E-state index in [4.69, 9.17) is 0 Å². The number of aromatic nitrogens is 3. The van der Waals surface area contributed by atoms with Crippen molar-refractivity contribution in [2.24, 2.45) is 0 Å². The number of hydrogen-bond donors (Lipinski definition) is 1. The van der Waals surface area contributed by atoms with Crippen molar-refractivity contribution in [3.05, 3.63) is 68.9 Å². The minimum absolute atomic E-state index is 0.000508. The molecule has 6 nitrogen and oxygen atoms in total. The summed E-state index contributed by atoms with van der Waals surface area (Å²) >= 11 is 1.35. The molecular weight excluding hydrogens is 396 g/mol. The van der Waals surface area contributed by atoms with Gasteiger partial charge in [0.05, 0.1) is 11.6 Å². The monoisotopic (exact) mass is 418 g/mol. The molecule has 3 aromatic heterocycles. The van der Waals surface area contributed by atoms with Gasteiger partial charge in [-0.05, 0) is 56.4 Å². The average Bonchev–Trinajstić information content (AvgIpc) is 3.27. The maximum atomic E-state index is 13.2. The molecule has 1 atom stereocenters. The molecule has 0 saturated heterocycles. The second kappa shape index (κ2) is 7.02. The number of thiophene rings is 1. The largest absolute Gasteiger partial charge is 0.348 e. The average molecular weight is 419 g/mol. The van der Waals surface area contributed by atoms with Crippen molar-refractivity contribution in [1.82, 2.24) is 19.9 Å². The minimum Gasteiger partial charge on any atom is -0.348 e. The fourth-order valence-corrected chi connectivity index (χ4v) is 5.63. The molecule has 1 aliphatic carbocycles. The Balaban J connectivity index is 1.49. The number of rotatable bonds is 3. The number of aryl methyl sites for hydroxylation is 4. The molecule has 7 heteroatoms. The van der Waals surface area contributed by atoms with Crippen molar-refractivity contribution in [3.8, 4) is 0 Å². The molecule has 4 aromatic rings. The van der Waals surface area contributed by atoms with Gasteiger partial charge in [0.25, 0.3) is 5.56 Å². The van der Waals surface area contributed by atoms with Gasteiger partial charge in [-0.1, -0.05) is 24.3 Å². The first kappa shape index (κ1) is 18.9. The zero-order valence-corrected chi connectivity index (χ0v) is 18.0. The molecule has 1 aliphatic rings. The molecular formula is C23H22N4O2S. The summed E-state index contributed by atoms with van der Waals surface area (Å²) in [6, 6.07) is 10.2. The highest BCUT2D eigenvalue weighted by molar-refractivity contribution is 7.25. The van der Waals surface area contributed by atoms with Crippen LogP contribution in [0.5, 0.6) is 0 Å². The van der Waals surface area contributed by atoms with Crippen LogP contribution in [0.2, 0.25) is 0 Å². The molecule has 0 spiro atoms. The van der Waals surface area contributed by atoms with E-state index in [-0.39, 0.29) is 24.1 Å². The Kier molecular flexibility index (Phi) is 4.43. The lowest BCUT2D eigenvalue weighted by molar-refractivity contribution is -0.122. The van der Waals surface area contributed by atoms with Gasteiger partial charge in [-0.15, -0.1) is 11.3 Å². The second-order valence-corrected chi connectivity index (χ2v) is 8.95. The van der Waals surface area contributed by atoms with E-state index in [2.05, 4.69) is 27.4 Å². The van der Waals surface area contributed by atoms with E-state index in [1.54, 1.807) is 6.92 Å². The van der Waals surface area contributed by atoms with E-state index < -0.39 is 0 Å². The topological polar surface area (TPSA) is 76.9 Å². The first-order valence-corrected chi connectivity index (χ1v) is 10.9. The quantitative estimate of drug-likeness (QED) is 0.550. The molecule has 5 rings (SSSR count). The van der Waals surface area contributed by atoms with Gasteiger partial charge in [-0.3, -0.25) is 14.2 Å². The number of amides is 1. The lowest BCUT2D eigenvalue weighted by Gasteiger charge is -2.15. The number of pyridine rings is 1. The van der Waals surface area contributed by atoms with Crippen molar-refractivity contribution in [2.75, 3.05) is 0 Å². The molecule has 1 unspecified atom stereocenters. The van der Waals surface area contributed by atoms with Crippen LogP contribution in [-0.4, -0.2) is 20.4 Å². The Hall–Kier alpha value is -3.06. The number of fused-ring (bicyclic) bond motifs is 4. The molecule has 152 valence electrons. The highest BCUT2D eigenvalue weighted by Crippen LogP contribution is 2.32. The molecule has 1 aromatic carbocycles. The predicted molar refractivity (Wildman–Crippen MR) is 119 cm³/mol. The van der Waals surface area contributed by atoms with Crippen molar-refractivity contribution in [1.29, 1.82) is 0 Å². The van der Waals surface area contributed by atoms with E-state index in [1.165, 1.54) is 27.0 Å². The van der Waals surface area contributed by atoms with E-state index in [9.17, 15) is 9.59 Å². The molecule has 3 heterocycles. The Labute approximate surface area is 177 Å². The van der Waals surface area contributed by atoms with Gasteiger partial charge in [0.15, 0.2) is 0 Å². The summed E-state index contributed by atoms with van der Waals surface area (Å²) in [7, 11) is 0. The van der Waals surface area contributed by atoms with E-state index in [0.717, 1.165) is 34.3 Å². The van der Waals surface area contributed by atoms with Crippen molar-refractivity contribution < 1.29 is 4.79 Å². The number of carbonyl (C=O) groups excluding carboxylic acids is 1. The third-order valence-corrected chi connectivity index (χ3v) is 6.90. The van der Waals surface area contributed by atoms with Crippen LogP contribution in [0.25, 0.3) is 20.4 Å². The first-order valence-electron chi connectivity index (χ1n) is 10.1. The van der Waals surface area contributed by atoms with Crippen LogP contribution in [0.1, 0.15) is 40.7 Å². The van der Waals surface area contributed by atoms with Crippen LogP contribution in [0, 0.1) is 20.8 Å². The second-order valence-electron chi connectivity index (χ2n) is 7.95. The number of nitrogens with zero attached hydrogens (tertiary/aromatic N) is 3. The molecule has 0 bridgehead atoms. The van der Waals surface area contributed by atoms with Crippen LogP contribution >= 0.6 is 11.3 Å². The van der Waals surface area contributed by atoms with Crippen LogP contribution < -0.4 is 10.9 Å². The summed E-state index contributed by atoms with van der Waals surface area (Å²) in [6.07, 6.45) is 1.85. The Morgan fingerprint density at radius 1 is 1.23 bits per heavy atom. The predicted octanol–water partition coefficient (Wildman–Crippen LogP) is 3.74. The van der Waals surface area contributed by atoms with Crippen molar-refractivity contribution in [2.45, 2.75) is 46.2 Å². The standard InChI is InChI=1S/C23H22N4O2S/c1-12-10-13(2)24-22-19(12)20-21(30-22)23(29)27(14(3)25-20)11-18(28)26-17-9-8-15-6-4-5-7-16(15)17/h4-7,10,17H,8-9,11H2,1-3H3,(H,26,28). The van der Waals surface area contributed by atoms with Crippen molar-refractivity contribution >= 4 is 37.7 Å².